The number of rotatable bonds is 3. The van der Waals surface area contributed by atoms with Gasteiger partial charge in [-0.05, 0) is 48.9 Å². The summed E-state index contributed by atoms with van der Waals surface area (Å²) in [6.45, 7) is 2.14. The SMILES string of the molecule is CN1C(=O)CCC[C@]12CN(C(=O)C1(c3ccccc3)CCOCC1)C[C@H]2c1ccc(F)cc1. The van der Waals surface area contributed by atoms with E-state index in [1.807, 2.05) is 59.3 Å². The number of likely N-dealkylation sites (N-methyl/N-ethyl adjacent to an activating group) is 1. The molecular formula is C27H31FN2O3. The van der Waals surface area contributed by atoms with Crippen LogP contribution < -0.4 is 0 Å². The average molecular weight is 451 g/mol. The molecule has 1 spiro atoms. The van der Waals surface area contributed by atoms with Crippen molar-refractivity contribution in [1.82, 2.24) is 9.80 Å². The molecule has 2 amide bonds. The third kappa shape index (κ3) is 3.65. The fourth-order valence-corrected chi connectivity index (χ4v) is 6.29. The van der Waals surface area contributed by atoms with Gasteiger partial charge in [0, 0.05) is 45.7 Å². The average Bonchev–Trinajstić information content (AvgIpc) is 3.23. The smallest absolute Gasteiger partial charge is 0.233 e. The highest BCUT2D eigenvalue weighted by Gasteiger charge is 2.56. The van der Waals surface area contributed by atoms with Crippen LogP contribution in [0.2, 0.25) is 0 Å². The van der Waals surface area contributed by atoms with Crippen LogP contribution >= 0.6 is 0 Å². The van der Waals surface area contributed by atoms with Crippen LogP contribution in [0.5, 0.6) is 0 Å². The van der Waals surface area contributed by atoms with Crippen molar-refractivity contribution in [2.45, 2.75) is 49.0 Å². The number of amides is 2. The summed E-state index contributed by atoms with van der Waals surface area (Å²) in [7, 11) is 1.87. The Hall–Kier alpha value is -2.73. The molecule has 0 bridgehead atoms. The number of ether oxygens (including phenoxy) is 1. The Morgan fingerprint density at radius 3 is 2.42 bits per heavy atom. The standard InChI is InChI=1S/C27H31FN2O3/c1-29-24(31)8-5-13-27(29)19-30(18-23(27)20-9-11-22(28)12-10-20)25(32)26(14-16-33-17-15-26)21-6-3-2-4-7-21/h2-4,6-7,9-12,23H,5,8,13-19H2,1H3/t23-,27+/m0/s1. The van der Waals surface area contributed by atoms with E-state index in [9.17, 15) is 14.0 Å². The summed E-state index contributed by atoms with van der Waals surface area (Å²) < 4.78 is 19.3. The maximum absolute atomic E-state index is 14.3. The molecule has 6 heteroatoms. The second kappa shape index (κ2) is 8.56. The van der Waals surface area contributed by atoms with E-state index in [-0.39, 0.29) is 23.5 Å². The molecule has 0 aromatic heterocycles. The summed E-state index contributed by atoms with van der Waals surface area (Å²) in [5.74, 6) is -0.0973. The topological polar surface area (TPSA) is 49.9 Å². The Bertz CT molecular complexity index is 1020. The van der Waals surface area contributed by atoms with Gasteiger partial charge in [0.2, 0.25) is 11.8 Å². The van der Waals surface area contributed by atoms with Gasteiger partial charge in [-0.15, -0.1) is 0 Å². The zero-order chi connectivity index (χ0) is 23.1. The predicted octanol–water partition coefficient (Wildman–Crippen LogP) is 3.88. The predicted molar refractivity (Wildman–Crippen MR) is 123 cm³/mol. The molecule has 0 N–H and O–H groups in total. The number of nitrogens with zero attached hydrogens (tertiary/aromatic N) is 2. The van der Waals surface area contributed by atoms with E-state index in [0.29, 0.717) is 45.6 Å². The van der Waals surface area contributed by atoms with Crippen molar-refractivity contribution in [2.24, 2.45) is 0 Å². The molecule has 2 atom stereocenters. The lowest BCUT2D eigenvalue weighted by Gasteiger charge is -2.46. The van der Waals surface area contributed by atoms with E-state index in [2.05, 4.69) is 0 Å². The number of halogens is 1. The van der Waals surface area contributed by atoms with Gasteiger partial charge < -0.3 is 14.5 Å². The Balaban J connectivity index is 1.54. The summed E-state index contributed by atoms with van der Waals surface area (Å²) in [4.78, 5) is 30.9. The van der Waals surface area contributed by atoms with Gasteiger partial charge in [-0.25, -0.2) is 4.39 Å². The van der Waals surface area contributed by atoms with Crippen LogP contribution in [-0.4, -0.2) is 60.5 Å². The third-order valence-corrected chi connectivity index (χ3v) is 8.20. The number of piperidine rings is 1. The van der Waals surface area contributed by atoms with E-state index in [4.69, 9.17) is 4.74 Å². The Morgan fingerprint density at radius 1 is 1.03 bits per heavy atom. The summed E-state index contributed by atoms with van der Waals surface area (Å²) in [6, 6.07) is 16.6. The van der Waals surface area contributed by atoms with Crippen molar-refractivity contribution in [3.63, 3.8) is 0 Å². The van der Waals surface area contributed by atoms with Crippen molar-refractivity contribution in [3.05, 3.63) is 71.5 Å². The van der Waals surface area contributed by atoms with Crippen molar-refractivity contribution >= 4 is 11.8 Å². The molecule has 3 aliphatic heterocycles. The number of carbonyl (C=O) groups is 2. The summed E-state index contributed by atoms with van der Waals surface area (Å²) in [5.41, 5.74) is 0.932. The van der Waals surface area contributed by atoms with Gasteiger partial charge in [-0.2, -0.15) is 0 Å². The van der Waals surface area contributed by atoms with Gasteiger partial charge in [0.1, 0.15) is 5.82 Å². The third-order valence-electron chi connectivity index (χ3n) is 8.20. The molecule has 0 saturated carbocycles. The van der Waals surface area contributed by atoms with Crippen molar-refractivity contribution < 1.29 is 18.7 Å². The maximum Gasteiger partial charge on any atom is 0.233 e. The van der Waals surface area contributed by atoms with Crippen LogP contribution in [0.4, 0.5) is 4.39 Å². The van der Waals surface area contributed by atoms with Crippen molar-refractivity contribution in [3.8, 4) is 0 Å². The second-order valence-electron chi connectivity index (χ2n) is 9.76. The molecule has 5 nitrogen and oxygen atoms in total. The lowest BCUT2D eigenvalue weighted by molar-refractivity contribution is -0.144. The van der Waals surface area contributed by atoms with Crippen molar-refractivity contribution in [2.75, 3.05) is 33.4 Å². The highest BCUT2D eigenvalue weighted by atomic mass is 19.1. The molecule has 174 valence electrons. The molecule has 3 aliphatic rings. The molecule has 0 unspecified atom stereocenters. The number of carbonyl (C=O) groups excluding carboxylic acids is 2. The molecule has 0 aliphatic carbocycles. The molecule has 3 heterocycles. The first kappa shape index (κ1) is 22.1. The minimum absolute atomic E-state index is 0.0519. The Kier molecular flexibility index (Phi) is 5.73. The van der Waals surface area contributed by atoms with Gasteiger partial charge in [-0.1, -0.05) is 42.5 Å². The van der Waals surface area contributed by atoms with Crippen LogP contribution in [0.25, 0.3) is 0 Å². The fourth-order valence-electron chi connectivity index (χ4n) is 6.29. The van der Waals surface area contributed by atoms with Gasteiger partial charge in [0.25, 0.3) is 0 Å². The number of likely N-dealkylation sites (tertiary alicyclic amines) is 2. The van der Waals surface area contributed by atoms with Gasteiger partial charge in [-0.3, -0.25) is 9.59 Å². The van der Waals surface area contributed by atoms with E-state index in [1.54, 1.807) is 0 Å². The number of hydrogen-bond acceptors (Lipinski definition) is 3. The van der Waals surface area contributed by atoms with Crippen LogP contribution in [0.15, 0.2) is 54.6 Å². The molecule has 3 saturated heterocycles. The van der Waals surface area contributed by atoms with Crippen molar-refractivity contribution in [1.29, 1.82) is 0 Å². The summed E-state index contributed by atoms with van der Waals surface area (Å²) >= 11 is 0. The fraction of sp³-hybridized carbons (Fsp3) is 0.481. The van der Waals surface area contributed by atoms with Crippen LogP contribution in [0.1, 0.15) is 49.1 Å². The Labute approximate surface area is 194 Å². The molecule has 2 aromatic carbocycles. The molecule has 2 aromatic rings. The maximum atomic E-state index is 14.3. The molecule has 0 radical (unpaired) electrons. The summed E-state index contributed by atoms with van der Waals surface area (Å²) in [5, 5.41) is 0. The lowest BCUT2D eigenvalue weighted by atomic mass is 9.73. The molecule has 5 rings (SSSR count). The first-order valence-electron chi connectivity index (χ1n) is 11.9. The second-order valence-corrected chi connectivity index (χ2v) is 9.76. The van der Waals surface area contributed by atoms with E-state index < -0.39 is 11.0 Å². The monoisotopic (exact) mass is 450 g/mol. The van der Waals surface area contributed by atoms with Crippen LogP contribution in [0.3, 0.4) is 0 Å². The van der Waals surface area contributed by atoms with Crippen LogP contribution in [0, 0.1) is 5.82 Å². The first-order chi connectivity index (χ1) is 16.0. The zero-order valence-electron chi connectivity index (χ0n) is 19.1. The first-order valence-corrected chi connectivity index (χ1v) is 11.9. The van der Waals surface area contributed by atoms with Crippen LogP contribution in [-0.2, 0) is 19.7 Å². The lowest BCUT2D eigenvalue weighted by Crippen LogP contribution is -2.57. The Morgan fingerprint density at radius 2 is 1.73 bits per heavy atom. The summed E-state index contributed by atoms with van der Waals surface area (Å²) in [6.07, 6.45) is 3.47. The molecule has 33 heavy (non-hydrogen) atoms. The number of benzene rings is 2. The van der Waals surface area contributed by atoms with Gasteiger partial charge in [0.15, 0.2) is 0 Å². The minimum atomic E-state index is -0.615. The quantitative estimate of drug-likeness (QED) is 0.713. The number of hydrogen-bond donors (Lipinski definition) is 0. The normalized spacial score (nSPS) is 27.2. The van der Waals surface area contributed by atoms with Gasteiger partial charge in [0.05, 0.1) is 11.0 Å². The molecule has 3 fully saturated rings. The van der Waals surface area contributed by atoms with Gasteiger partial charge >= 0.3 is 0 Å². The van der Waals surface area contributed by atoms with E-state index in [0.717, 1.165) is 24.0 Å². The minimum Gasteiger partial charge on any atom is -0.381 e. The highest BCUT2D eigenvalue weighted by molar-refractivity contribution is 5.89. The van der Waals surface area contributed by atoms with E-state index in [1.165, 1.54) is 12.1 Å². The molecular weight excluding hydrogens is 419 g/mol. The largest absolute Gasteiger partial charge is 0.381 e. The highest BCUT2D eigenvalue weighted by Crippen LogP contribution is 2.47. The zero-order valence-corrected chi connectivity index (χ0v) is 19.1. The van der Waals surface area contributed by atoms with E-state index >= 15 is 0 Å².